The number of aliphatic hydroxyl groups is 1. The molecule has 1 heterocycles. The molecule has 0 aliphatic heterocycles. The van der Waals surface area contributed by atoms with Gasteiger partial charge in [0.1, 0.15) is 36.4 Å². The number of aliphatic hydroxyl groups excluding tert-OH is 1. The number of anilines is 1. The van der Waals surface area contributed by atoms with E-state index in [0.29, 0.717) is 24.1 Å². The standard InChI is InChI=1S/C50H56N6O8S/c1-2-10-44(58)52-43(31-39-15-9-28-65-39)47(61)54-41(29-34-16-21-37(22-17-34)36-13-7-4-8-14-36)46(60)53-40(25-20-33-11-5-3-6-12-33)45(59)55-42(48(62)56-50(26-27-50)49(63)64)30-35-18-23-38(24-19-35)51-32-57/h3-9,11-19,21-24,28,40-43,51,57H,2,10,20,25-27,29-32H2,1H3,(H,52,58)(H,53,60)(H,54,61)(H,55,59)(H,56,62)(H,63,64)/t40-,41+,42+,43-/m1/s1. The number of aliphatic carboxylic acids is 1. The molecule has 0 saturated heterocycles. The first-order valence-corrected chi connectivity index (χ1v) is 22.7. The Balaban J connectivity index is 1.28. The maximum Gasteiger partial charge on any atom is 0.329 e. The predicted octanol–water partition coefficient (Wildman–Crippen LogP) is 4.91. The van der Waals surface area contributed by atoms with Crippen molar-refractivity contribution in [1.82, 2.24) is 26.6 Å². The number of hydrogen-bond acceptors (Lipinski definition) is 9. The Hall–Kier alpha value is -6.84. The van der Waals surface area contributed by atoms with Crippen molar-refractivity contribution >= 4 is 52.5 Å². The quantitative estimate of drug-likeness (QED) is 0.0395. The third-order valence-corrected chi connectivity index (χ3v) is 12.2. The van der Waals surface area contributed by atoms with Crippen molar-refractivity contribution in [3.8, 4) is 11.1 Å². The van der Waals surface area contributed by atoms with Crippen molar-refractivity contribution in [1.29, 1.82) is 0 Å². The van der Waals surface area contributed by atoms with Crippen LogP contribution in [0.25, 0.3) is 11.1 Å². The molecule has 0 spiro atoms. The number of amides is 5. The number of carboxylic acid groups (broad SMARTS) is 1. The summed E-state index contributed by atoms with van der Waals surface area (Å²) in [6.45, 7) is 1.58. The second-order valence-corrected chi connectivity index (χ2v) is 17.3. The molecule has 1 fully saturated rings. The zero-order chi connectivity index (χ0) is 46.2. The van der Waals surface area contributed by atoms with E-state index in [1.54, 1.807) is 24.3 Å². The summed E-state index contributed by atoms with van der Waals surface area (Å²) < 4.78 is 0. The average Bonchev–Trinajstić information content (AvgIpc) is 3.92. The van der Waals surface area contributed by atoms with Crippen LogP contribution in [0.4, 0.5) is 5.69 Å². The van der Waals surface area contributed by atoms with Gasteiger partial charge in [-0.05, 0) is 83.5 Å². The number of aryl methyl sites for hydroxylation is 1. The van der Waals surface area contributed by atoms with Crippen LogP contribution in [0, 0.1) is 0 Å². The van der Waals surface area contributed by atoms with Gasteiger partial charge in [-0.1, -0.05) is 110 Å². The number of nitrogens with one attached hydrogen (secondary N) is 6. The van der Waals surface area contributed by atoms with E-state index in [2.05, 4.69) is 31.9 Å². The Labute approximate surface area is 382 Å². The van der Waals surface area contributed by atoms with E-state index < -0.39 is 59.3 Å². The summed E-state index contributed by atoms with van der Waals surface area (Å²) in [4.78, 5) is 83.1. The van der Waals surface area contributed by atoms with E-state index in [1.165, 1.54) is 11.3 Å². The summed E-state index contributed by atoms with van der Waals surface area (Å²) in [6, 6.07) is 32.7. The molecular weight excluding hydrogens is 845 g/mol. The van der Waals surface area contributed by atoms with Gasteiger partial charge >= 0.3 is 5.97 Å². The van der Waals surface area contributed by atoms with Crippen molar-refractivity contribution in [2.75, 3.05) is 12.0 Å². The lowest BCUT2D eigenvalue weighted by molar-refractivity contribution is -0.143. The van der Waals surface area contributed by atoms with E-state index in [0.717, 1.165) is 27.1 Å². The van der Waals surface area contributed by atoms with E-state index >= 15 is 0 Å². The Morgan fingerprint density at radius 1 is 0.600 bits per heavy atom. The minimum atomic E-state index is -1.43. The number of carboxylic acids is 1. The second kappa shape index (κ2) is 23.2. The Morgan fingerprint density at radius 2 is 1.14 bits per heavy atom. The molecule has 0 unspecified atom stereocenters. The van der Waals surface area contributed by atoms with Crippen LogP contribution in [0.2, 0.25) is 0 Å². The fourth-order valence-electron chi connectivity index (χ4n) is 7.42. The normalized spacial score (nSPS) is 14.4. The molecule has 340 valence electrons. The predicted molar refractivity (Wildman–Crippen MR) is 250 cm³/mol. The van der Waals surface area contributed by atoms with Crippen LogP contribution in [-0.2, 0) is 54.5 Å². The molecule has 0 radical (unpaired) electrons. The molecule has 1 aromatic heterocycles. The first-order valence-electron chi connectivity index (χ1n) is 21.9. The van der Waals surface area contributed by atoms with Gasteiger partial charge in [-0.25, -0.2) is 4.79 Å². The minimum Gasteiger partial charge on any atom is -0.480 e. The van der Waals surface area contributed by atoms with Crippen LogP contribution in [-0.4, -0.2) is 82.2 Å². The number of carbonyl (C=O) groups excluding carboxylic acids is 5. The highest BCUT2D eigenvalue weighted by atomic mass is 32.1. The third kappa shape index (κ3) is 14.1. The highest BCUT2D eigenvalue weighted by molar-refractivity contribution is 7.09. The SMILES string of the molecule is CCCC(=O)N[C@H](Cc1cccs1)C(=O)N[C@@H](Cc1ccc(-c2ccccc2)cc1)C(=O)N[C@H](CCc1ccccc1)C(=O)N[C@@H](Cc1ccc(NCO)cc1)C(=O)NC1(C(=O)O)CC1. The molecule has 15 heteroatoms. The van der Waals surface area contributed by atoms with E-state index in [9.17, 15) is 39.0 Å². The zero-order valence-corrected chi connectivity index (χ0v) is 37.1. The molecule has 1 saturated carbocycles. The highest BCUT2D eigenvalue weighted by Gasteiger charge is 2.52. The lowest BCUT2D eigenvalue weighted by Gasteiger charge is -2.27. The molecule has 6 rings (SSSR count). The van der Waals surface area contributed by atoms with Crippen molar-refractivity contribution in [2.24, 2.45) is 0 Å². The van der Waals surface area contributed by atoms with Crippen molar-refractivity contribution in [3.63, 3.8) is 0 Å². The average molecular weight is 901 g/mol. The van der Waals surface area contributed by atoms with Crippen LogP contribution in [0.3, 0.4) is 0 Å². The molecule has 0 bridgehead atoms. The topological polar surface area (TPSA) is 215 Å². The summed E-state index contributed by atoms with van der Waals surface area (Å²) in [5.41, 5.74) is 3.42. The van der Waals surface area contributed by atoms with Gasteiger partial charge in [0, 0.05) is 36.2 Å². The van der Waals surface area contributed by atoms with Gasteiger partial charge in [0.25, 0.3) is 0 Å². The Bertz CT molecular complexity index is 2360. The highest BCUT2D eigenvalue weighted by Crippen LogP contribution is 2.35. The lowest BCUT2D eigenvalue weighted by atomic mass is 9.99. The minimum absolute atomic E-state index is 0.0148. The smallest absolute Gasteiger partial charge is 0.329 e. The summed E-state index contributed by atoms with van der Waals surface area (Å²) in [5.74, 6) is -4.09. The molecule has 1 aliphatic rings. The van der Waals surface area contributed by atoms with E-state index in [4.69, 9.17) is 0 Å². The number of rotatable bonds is 24. The number of benzene rings is 4. The molecular formula is C50H56N6O8S. The van der Waals surface area contributed by atoms with Crippen molar-refractivity contribution in [2.45, 2.75) is 94.4 Å². The summed E-state index contributed by atoms with van der Waals surface area (Å²) in [5, 5.41) is 37.9. The molecule has 14 nitrogen and oxygen atoms in total. The van der Waals surface area contributed by atoms with Gasteiger partial charge < -0.3 is 42.1 Å². The van der Waals surface area contributed by atoms with Gasteiger partial charge in [0.15, 0.2) is 0 Å². The number of thiophene rings is 1. The van der Waals surface area contributed by atoms with Gasteiger partial charge in [0.05, 0.1) is 0 Å². The Kier molecular flexibility index (Phi) is 17.0. The molecule has 65 heavy (non-hydrogen) atoms. The number of carbonyl (C=O) groups is 6. The third-order valence-electron chi connectivity index (χ3n) is 11.3. The van der Waals surface area contributed by atoms with Crippen LogP contribution in [0.1, 0.15) is 60.6 Å². The molecule has 4 atom stereocenters. The maximum atomic E-state index is 14.7. The summed E-state index contributed by atoms with van der Waals surface area (Å²) >= 11 is 1.44. The van der Waals surface area contributed by atoms with Crippen LogP contribution < -0.4 is 31.9 Å². The van der Waals surface area contributed by atoms with E-state index in [-0.39, 0.29) is 57.6 Å². The van der Waals surface area contributed by atoms with Crippen molar-refractivity contribution < 1.29 is 39.0 Å². The van der Waals surface area contributed by atoms with Gasteiger partial charge in [-0.3, -0.25) is 24.0 Å². The van der Waals surface area contributed by atoms with Gasteiger partial charge in [-0.15, -0.1) is 11.3 Å². The molecule has 5 amide bonds. The monoisotopic (exact) mass is 900 g/mol. The van der Waals surface area contributed by atoms with Gasteiger partial charge in [-0.2, -0.15) is 0 Å². The lowest BCUT2D eigenvalue weighted by Crippen LogP contribution is -2.60. The molecule has 5 aromatic rings. The first kappa shape index (κ1) is 47.6. The van der Waals surface area contributed by atoms with Gasteiger partial charge in [0.2, 0.25) is 29.5 Å². The van der Waals surface area contributed by atoms with E-state index in [1.807, 2.05) is 109 Å². The second-order valence-electron chi connectivity index (χ2n) is 16.2. The van der Waals surface area contributed by atoms with Crippen LogP contribution >= 0.6 is 11.3 Å². The fourth-order valence-corrected chi connectivity index (χ4v) is 8.17. The van der Waals surface area contributed by atoms with Crippen LogP contribution in [0.15, 0.2) is 127 Å². The molecule has 8 N–H and O–H groups in total. The molecule has 4 aromatic carbocycles. The molecule has 1 aliphatic carbocycles. The van der Waals surface area contributed by atoms with Crippen molar-refractivity contribution in [3.05, 3.63) is 148 Å². The largest absolute Gasteiger partial charge is 0.480 e. The van der Waals surface area contributed by atoms with Crippen LogP contribution in [0.5, 0.6) is 0 Å². The Morgan fingerprint density at radius 3 is 1.69 bits per heavy atom. The summed E-state index contributed by atoms with van der Waals surface area (Å²) in [6.07, 6.45) is 1.97. The zero-order valence-electron chi connectivity index (χ0n) is 36.3. The number of hydrogen-bond donors (Lipinski definition) is 8. The maximum absolute atomic E-state index is 14.7. The summed E-state index contributed by atoms with van der Waals surface area (Å²) in [7, 11) is 0. The fraction of sp³-hybridized carbons (Fsp3) is 0.320. The first-order chi connectivity index (χ1) is 31.4.